The molecule has 9 nitrogen and oxygen atoms in total. The van der Waals surface area contributed by atoms with E-state index in [1.807, 2.05) is 0 Å². The lowest BCUT2D eigenvalue weighted by Crippen LogP contribution is -2.42. The van der Waals surface area contributed by atoms with E-state index >= 15 is 0 Å². The average molecular weight is 543 g/mol. The first kappa shape index (κ1) is 26.6. The lowest BCUT2D eigenvalue weighted by molar-refractivity contribution is -0.141. The third-order valence-corrected chi connectivity index (χ3v) is 6.91. The summed E-state index contributed by atoms with van der Waals surface area (Å²) in [5.41, 5.74) is -1.07. The first-order chi connectivity index (χ1) is 18.7. The van der Waals surface area contributed by atoms with Crippen molar-refractivity contribution in [3.05, 3.63) is 65.7 Å². The number of alkyl halides is 3. The predicted octanol–water partition coefficient (Wildman–Crippen LogP) is 5.35. The normalized spacial score (nSPS) is 18.7. The maximum absolute atomic E-state index is 14.0. The molecular formula is C27H25F3N4O5. The molecule has 3 N–H and O–H groups in total. The number of benzene rings is 2. The molecule has 1 aliphatic heterocycles. The number of aliphatic hydroxyl groups excluding tert-OH is 1. The Bertz CT molecular complexity index is 1430. The van der Waals surface area contributed by atoms with Crippen LogP contribution in [0, 0.1) is 5.41 Å². The maximum Gasteiger partial charge on any atom is 0.422 e. The second-order valence-corrected chi connectivity index (χ2v) is 9.72. The van der Waals surface area contributed by atoms with Crippen LogP contribution < -0.4 is 5.32 Å². The minimum Gasteiger partial charge on any atom is -0.481 e. The van der Waals surface area contributed by atoms with Crippen molar-refractivity contribution in [2.75, 3.05) is 13.1 Å². The van der Waals surface area contributed by atoms with Crippen LogP contribution in [0.1, 0.15) is 42.9 Å². The number of nitrogens with one attached hydrogen (secondary N) is 1. The number of carboxylic acid groups (broad SMARTS) is 1. The van der Waals surface area contributed by atoms with Gasteiger partial charge in [0, 0.05) is 17.7 Å². The number of halogens is 3. The van der Waals surface area contributed by atoms with Gasteiger partial charge in [-0.05, 0) is 36.8 Å². The number of aliphatic hydroxyl groups is 1. The second kappa shape index (κ2) is 10.6. The van der Waals surface area contributed by atoms with Gasteiger partial charge in [-0.2, -0.15) is 18.2 Å². The molecule has 2 aromatic heterocycles. The monoisotopic (exact) mass is 542 g/mol. The fourth-order valence-corrected chi connectivity index (χ4v) is 5.05. The van der Waals surface area contributed by atoms with Crippen LogP contribution in [0.25, 0.3) is 34.3 Å². The van der Waals surface area contributed by atoms with Gasteiger partial charge in [-0.1, -0.05) is 64.9 Å². The van der Waals surface area contributed by atoms with Gasteiger partial charge in [0.2, 0.25) is 5.82 Å². The van der Waals surface area contributed by atoms with Crippen molar-refractivity contribution < 1.29 is 37.2 Å². The highest BCUT2D eigenvalue weighted by Gasteiger charge is 2.43. The Labute approximate surface area is 220 Å². The zero-order chi connectivity index (χ0) is 27.6. The van der Waals surface area contributed by atoms with E-state index in [1.165, 1.54) is 12.1 Å². The molecule has 0 saturated carbocycles. The summed E-state index contributed by atoms with van der Waals surface area (Å²) >= 11 is 0. The Balaban J connectivity index is 1.37. The fourth-order valence-electron chi connectivity index (χ4n) is 5.05. The summed E-state index contributed by atoms with van der Waals surface area (Å²) in [7, 11) is 0. The van der Waals surface area contributed by atoms with Gasteiger partial charge in [-0.25, -0.2) is 0 Å². The SMILES string of the molecule is O=C(O)C[C@]1(CC(O)c2ccc(-c3noc(-c4noc(-c5ccccc5)c4C(F)(F)F)n3)cc2)CCCNC1. The van der Waals surface area contributed by atoms with Crippen molar-refractivity contribution in [1.82, 2.24) is 20.6 Å². The van der Waals surface area contributed by atoms with Gasteiger partial charge >= 0.3 is 12.1 Å². The molecule has 1 fully saturated rings. The number of aliphatic carboxylic acids is 1. The van der Waals surface area contributed by atoms with Crippen molar-refractivity contribution in [1.29, 1.82) is 0 Å². The summed E-state index contributed by atoms with van der Waals surface area (Å²) < 4.78 is 52.1. The van der Waals surface area contributed by atoms with Crippen molar-refractivity contribution in [2.24, 2.45) is 5.41 Å². The molecule has 1 aliphatic rings. The molecule has 0 bridgehead atoms. The number of nitrogens with zero attached hydrogens (tertiary/aromatic N) is 3. The molecule has 5 rings (SSSR count). The molecule has 0 aliphatic carbocycles. The maximum atomic E-state index is 14.0. The van der Waals surface area contributed by atoms with Gasteiger partial charge < -0.3 is 24.6 Å². The van der Waals surface area contributed by atoms with Crippen LogP contribution in [0.3, 0.4) is 0 Å². The average Bonchev–Trinajstić information content (AvgIpc) is 3.57. The van der Waals surface area contributed by atoms with Crippen LogP contribution >= 0.6 is 0 Å². The molecule has 0 radical (unpaired) electrons. The third-order valence-electron chi connectivity index (χ3n) is 6.91. The molecule has 1 saturated heterocycles. The van der Waals surface area contributed by atoms with Crippen LogP contribution in [0.4, 0.5) is 13.2 Å². The Morgan fingerprint density at radius 1 is 1.05 bits per heavy atom. The number of carbonyl (C=O) groups is 1. The lowest BCUT2D eigenvalue weighted by atomic mass is 9.73. The fraction of sp³-hybridized carbons (Fsp3) is 0.333. The topological polar surface area (TPSA) is 135 Å². The van der Waals surface area contributed by atoms with E-state index in [2.05, 4.69) is 20.6 Å². The van der Waals surface area contributed by atoms with Crippen LogP contribution in [0.5, 0.6) is 0 Å². The molecule has 0 amide bonds. The first-order valence-corrected chi connectivity index (χ1v) is 12.3. The Kier molecular flexibility index (Phi) is 7.23. The molecule has 3 heterocycles. The molecule has 204 valence electrons. The summed E-state index contributed by atoms with van der Waals surface area (Å²) in [5.74, 6) is -1.79. The predicted molar refractivity (Wildman–Crippen MR) is 132 cm³/mol. The molecule has 39 heavy (non-hydrogen) atoms. The molecule has 1 unspecified atom stereocenters. The number of rotatable bonds is 8. The summed E-state index contributed by atoms with van der Waals surface area (Å²) in [5, 5.41) is 30.9. The minimum atomic E-state index is -4.79. The van der Waals surface area contributed by atoms with Gasteiger partial charge in [0.05, 0.1) is 12.5 Å². The number of hydrogen-bond acceptors (Lipinski definition) is 8. The molecule has 0 spiro atoms. The van der Waals surface area contributed by atoms with E-state index in [1.54, 1.807) is 42.5 Å². The smallest absolute Gasteiger partial charge is 0.422 e. The zero-order valence-electron chi connectivity index (χ0n) is 20.6. The highest BCUT2D eigenvalue weighted by molar-refractivity contribution is 5.71. The van der Waals surface area contributed by atoms with Gasteiger partial charge in [0.25, 0.3) is 5.89 Å². The summed E-state index contributed by atoms with van der Waals surface area (Å²) in [6.07, 6.45) is -3.95. The lowest BCUT2D eigenvalue weighted by Gasteiger charge is -2.38. The summed E-state index contributed by atoms with van der Waals surface area (Å²) in [6, 6.07) is 14.3. The summed E-state index contributed by atoms with van der Waals surface area (Å²) in [4.78, 5) is 15.5. The van der Waals surface area contributed by atoms with Crippen molar-refractivity contribution in [2.45, 2.75) is 38.0 Å². The zero-order valence-corrected chi connectivity index (χ0v) is 20.6. The largest absolute Gasteiger partial charge is 0.481 e. The van der Waals surface area contributed by atoms with Crippen LogP contribution in [-0.2, 0) is 11.0 Å². The summed E-state index contributed by atoms with van der Waals surface area (Å²) in [6.45, 7) is 1.32. The highest BCUT2D eigenvalue weighted by atomic mass is 19.4. The van der Waals surface area contributed by atoms with Crippen molar-refractivity contribution >= 4 is 5.97 Å². The van der Waals surface area contributed by atoms with Crippen molar-refractivity contribution in [3.63, 3.8) is 0 Å². The number of aromatic nitrogens is 3. The molecule has 2 atom stereocenters. The molecule has 12 heteroatoms. The third kappa shape index (κ3) is 5.71. The van der Waals surface area contributed by atoms with E-state index in [9.17, 15) is 28.2 Å². The standard InChI is InChI=1S/C27H25F3N4O5/c28-27(29,30)21-22(33-38-23(21)17-5-2-1-3-6-17)25-32-24(34-39-25)18-9-7-16(8-10-18)19(35)13-26(14-20(36)37)11-4-12-31-15-26/h1-3,5-10,19,31,35H,4,11-15H2,(H,36,37)/t19?,26-/m1/s1. The Morgan fingerprint density at radius 2 is 1.79 bits per heavy atom. The molecular weight excluding hydrogens is 517 g/mol. The molecule has 2 aromatic carbocycles. The van der Waals surface area contributed by atoms with E-state index in [0.29, 0.717) is 24.1 Å². The van der Waals surface area contributed by atoms with E-state index in [0.717, 1.165) is 13.0 Å². The highest BCUT2D eigenvalue weighted by Crippen LogP contribution is 2.43. The number of piperidine rings is 1. The van der Waals surface area contributed by atoms with Gasteiger partial charge in [-0.3, -0.25) is 4.79 Å². The quantitative estimate of drug-likeness (QED) is 0.269. The Hall–Kier alpha value is -4.03. The second-order valence-electron chi connectivity index (χ2n) is 9.72. The van der Waals surface area contributed by atoms with E-state index < -0.39 is 46.6 Å². The van der Waals surface area contributed by atoms with Crippen LogP contribution in [0.2, 0.25) is 0 Å². The first-order valence-electron chi connectivity index (χ1n) is 12.3. The van der Waals surface area contributed by atoms with Crippen LogP contribution in [0.15, 0.2) is 63.6 Å². The van der Waals surface area contributed by atoms with E-state index in [4.69, 9.17) is 9.05 Å². The minimum absolute atomic E-state index is 0.0299. The number of carboxylic acids is 1. The van der Waals surface area contributed by atoms with Gasteiger partial charge in [0.15, 0.2) is 11.5 Å². The number of hydrogen-bond donors (Lipinski definition) is 3. The van der Waals surface area contributed by atoms with Gasteiger partial charge in [-0.15, -0.1) is 0 Å². The van der Waals surface area contributed by atoms with E-state index in [-0.39, 0.29) is 24.2 Å². The molecule has 4 aromatic rings. The van der Waals surface area contributed by atoms with Crippen LogP contribution in [-0.4, -0.2) is 44.6 Å². The Morgan fingerprint density at radius 3 is 2.44 bits per heavy atom. The van der Waals surface area contributed by atoms with Gasteiger partial charge in [0.1, 0.15) is 5.56 Å². The van der Waals surface area contributed by atoms with Crippen molar-refractivity contribution in [3.8, 4) is 34.3 Å².